The van der Waals surface area contributed by atoms with Gasteiger partial charge in [-0.3, -0.25) is 14.6 Å². The molecular formula is C29H24BrN3O4. The highest BCUT2D eigenvalue weighted by atomic mass is 79.9. The Kier molecular flexibility index (Phi) is 5.62. The molecule has 0 bridgehead atoms. The van der Waals surface area contributed by atoms with Gasteiger partial charge in [-0.1, -0.05) is 41.1 Å². The molecule has 2 aromatic heterocycles. The molecule has 2 aliphatic heterocycles. The van der Waals surface area contributed by atoms with E-state index in [9.17, 15) is 14.7 Å². The van der Waals surface area contributed by atoms with Crippen LogP contribution >= 0.6 is 15.9 Å². The maximum absolute atomic E-state index is 13.6. The first-order chi connectivity index (χ1) is 17.8. The quantitative estimate of drug-likeness (QED) is 0.240. The number of aromatic nitrogens is 2. The maximum atomic E-state index is 13.6. The second kappa shape index (κ2) is 8.75. The second-order valence-corrected chi connectivity index (χ2v) is 10.5. The highest BCUT2D eigenvalue weighted by Gasteiger charge is 2.39. The van der Waals surface area contributed by atoms with Gasteiger partial charge < -0.3 is 14.4 Å². The molecule has 2 aromatic carbocycles. The standard InChI is InChI=1S/C29H24BrN3O4/c1-3-29(36)12-25(34)37-15-20-21(29)11-24-27-19(14-33(24)28(20)35)16(2)26-22(5-4-6-23(26)32-27)31-13-17-7-9-18(30)10-8-17/h4-11,13,36H,3,12,14-15H2,1-2H3/t29-/m0/s1. The third kappa shape index (κ3) is 3.83. The number of carbonyl (C=O) groups is 1. The molecule has 0 saturated heterocycles. The Morgan fingerprint density at radius 3 is 2.73 bits per heavy atom. The van der Waals surface area contributed by atoms with Crippen molar-refractivity contribution in [2.75, 3.05) is 0 Å². The van der Waals surface area contributed by atoms with Crippen LogP contribution in [0.5, 0.6) is 0 Å². The van der Waals surface area contributed by atoms with Crippen LogP contribution in [0.4, 0.5) is 5.69 Å². The minimum absolute atomic E-state index is 0.144. The highest BCUT2D eigenvalue weighted by molar-refractivity contribution is 9.10. The number of pyridine rings is 2. The Morgan fingerprint density at radius 1 is 1.19 bits per heavy atom. The molecule has 1 N–H and O–H groups in total. The number of ether oxygens (including phenoxy) is 1. The summed E-state index contributed by atoms with van der Waals surface area (Å²) in [5, 5.41) is 12.3. The molecule has 6 rings (SSSR count). The number of cyclic esters (lactones) is 1. The summed E-state index contributed by atoms with van der Waals surface area (Å²) in [5.74, 6) is -0.512. The van der Waals surface area contributed by atoms with Gasteiger partial charge >= 0.3 is 5.97 Å². The lowest BCUT2D eigenvalue weighted by atomic mass is 9.85. The molecular weight excluding hydrogens is 534 g/mol. The molecule has 0 fully saturated rings. The Hall–Kier alpha value is -3.62. The number of carbonyl (C=O) groups excluding carboxylic acids is 1. The molecule has 0 amide bonds. The van der Waals surface area contributed by atoms with Gasteiger partial charge in [-0.25, -0.2) is 4.98 Å². The lowest BCUT2D eigenvalue weighted by molar-refractivity contribution is -0.149. The highest BCUT2D eigenvalue weighted by Crippen LogP contribution is 2.41. The van der Waals surface area contributed by atoms with Gasteiger partial charge in [0.15, 0.2) is 0 Å². The fourth-order valence-electron chi connectivity index (χ4n) is 5.34. The predicted octanol–water partition coefficient (Wildman–Crippen LogP) is 5.29. The van der Waals surface area contributed by atoms with Gasteiger partial charge in [0.2, 0.25) is 0 Å². The number of aryl methyl sites for hydroxylation is 1. The van der Waals surface area contributed by atoms with Crippen LogP contribution in [0, 0.1) is 6.92 Å². The minimum Gasteiger partial charge on any atom is -0.460 e. The van der Waals surface area contributed by atoms with E-state index in [1.807, 2.05) is 61.7 Å². The van der Waals surface area contributed by atoms with E-state index in [-0.39, 0.29) is 25.0 Å². The number of rotatable bonds is 3. The molecule has 0 spiro atoms. The lowest BCUT2D eigenvalue weighted by Gasteiger charge is -2.26. The van der Waals surface area contributed by atoms with Crippen molar-refractivity contribution in [3.05, 3.63) is 91.2 Å². The van der Waals surface area contributed by atoms with Crippen molar-refractivity contribution in [1.29, 1.82) is 0 Å². The van der Waals surface area contributed by atoms with Gasteiger partial charge in [-0.05, 0) is 60.4 Å². The van der Waals surface area contributed by atoms with E-state index in [0.29, 0.717) is 29.1 Å². The molecule has 8 heteroatoms. The van der Waals surface area contributed by atoms with Crippen molar-refractivity contribution in [2.24, 2.45) is 4.99 Å². The molecule has 186 valence electrons. The van der Waals surface area contributed by atoms with E-state index < -0.39 is 11.6 Å². The predicted molar refractivity (Wildman–Crippen MR) is 145 cm³/mol. The van der Waals surface area contributed by atoms with E-state index >= 15 is 0 Å². The topological polar surface area (TPSA) is 93.8 Å². The zero-order valence-corrected chi connectivity index (χ0v) is 22.0. The van der Waals surface area contributed by atoms with Crippen LogP contribution in [0.3, 0.4) is 0 Å². The number of benzene rings is 2. The summed E-state index contributed by atoms with van der Waals surface area (Å²) >= 11 is 3.45. The Bertz CT molecular complexity index is 1690. The summed E-state index contributed by atoms with van der Waals surface area (Å²) in [5.41, 5.74) is 4.96. The van der Waals surface area contributed by atoms with Crippen molar-refractivity contribution in [2.45, 2.75) is 45.4 Å². The van der Waals surface area contributed by atoms with Crippen LogP contribution in [0.1, 0.15) is 47.6 Å². The molecule has 4 heterocycles. The number of fused-ring (bicyclic) bond motifs is 5. The van der Waals surface area contributed by atoms with Crippen molar-refractivity contribution in [3.63, 3.8) is 0 Å². The average molecular weight is 558 g/mol. The Morgan fingerprint density at radius 2 is 1.97 bits per heavy atom. The van der Waals surface area contributed by atoms with Gasteiger partial charge in [-0.15, -0.1) is 0 Å². The molecule has 4 aromatic rings. The summed E-state index contributed by atoms with van der Waals surface area (Å²) in [6.45, 7) is 4.05. The van der Waals surface area contributed by atoms with Gasteiger partial charge in [-0.2, -0.15) is 0 Å². The maximum Gasteiger partial charge on any atom is 0.309 e. The van der Waals surface area contributed by atoms with Crippen LogP contribution in [-0.4, -0.2) is 26.8 Å². The van der Waals surface area contributed by atoms with E-state index in [1.165, 1.54) is 0 Å². The third-order valence-electron chi connectivity index (χ3n) is 7.45. The van der Waals surface area contributed by atoms with E-state index in [4.69, 9.17) is 14.7 Å². The number of aliphatic imine (C=N–C) groups is 1. The van der Waals surface area contributed by atoms with Crippen LogP contribution in [0.2, 0.25) is 0 Å². The molecule has 0 saturated carbocycles. The van der Waals surface area contributed by atoms with Gasteiger partial charge in [0, 0.05) is 21.6 Å². The smallest absolute Gasteiger partial charge is 0.309 e. The molecule has 0 aliphatic carbocycles. The number of hydrogen-bond acceptors (Lipinski definition) is 6. The zero-order chi connectivity index (χ0) is 25.9. The first-order valence-electron chi connectivity index (χ1n) is 12.2. The normalized spacial score (nSPS) is 18.4. The Balaban J connectivity index is 1.51. The zero-order valence-electron chi connectivity index (χ0n) is 20.4. The monoisotopic (exact) mass is 557 g/mol. The summed E-state index contributed by atoms with van der Waals surface area (Å²) in [6.07, 6.45) is 1.93. The third-order valence-corrected chi connectivity index (χ3v) is 7.98. The van der Waals surface area contributed by atoms with Gasteiger partial charge in [0.05, 0.1) is 41.1 Å². The first-order valence-corrected chi connectivity index (χ1v) is 13.0. The number of esters is 1. The molecule has 0 radical (unpaired) electrons. The van der Waals surface area contributed by atoms with Crippen molar-refractivity contribution < 1.29 is 14.6 Å². The molecule has 0 unspecified atom stereocenters. The van der Waals surface area contributed by atoms with Crippen LogP contribution in [0.15, 0.2) is 62.8 Å². The second-order valence-electron chi connectivity index (χ2n) is 9.58. The summed E-state index contributed by atoms with van der Waals surface area (Å²) in [7, 11) is 0. The Labute approximate surface area is 221 Å². The van der Waals surface area contributed by atoms with Crippen molar-refractivity contribution in [1.82, 2.24) is 9.55 Å². The van der Waals surface area contributed by atoms with Crippen LogP contribution < -0.4 is 5.56 Å². The SMILES string of the molecule is CC[C@]1(O)CC(=O)OCc2c1cc1n(c2=O)Cc2c-1nc1cccc(N=Cc3ccc(Br)cc3)c1c2C. The summed E-state index contributed by atoms with van der Waals surface area (Å²) < 4.78 is 7.95. The van der Waals surface area contributed by atoms with E-state index in [1.54, 1.807) is 11.5 Å². The fourth-order valence-corrected chi connectivity index (χ4v) is 5.60. The molecule has 2 aliphatic rings. The van der Waals surface area contributed by atoms with E-state index in [0.717, 1.165) is 37.8 Å². The summed E-state index contributed by atoms with van der Waals surface area (Å²) in [6, 6.07) is 15.6. The number of aliphatic hydroxyl groups is 1. The first kappa shape index (κ1) is 23.8. The van der Waals surface area contributed by atoms with Gasteiger partial charge in [0.1, 0.15) is 12.2 Å². The largest absolute Gasteiger partial charge is 0.460 e. The summed E-state index contributed by atoms with van der Waals surface area (Å²) in [4.78, 5) is 35.5. The molecule has 1 atom stereocenters. The number of halogens is 1. The number of nitrogens with zero attached hydrogens (tertiary/aromatic N) is 3. The van der Waals surface area contributed by atoms with Crippen molar-refractivity contribution >= 4 is 44.7 Å². The number of hydrogen-bond donors (Lipinski definition) is 1. The van der Waals surface area contributed by atoms with Gasteiger partial charge in [0.25, 0.3) is 5.56 Å². The van der Waals surface area contributed by atoms with Crippen LogP contribution in [-0.2, 0) is 28.3 Å². The minimum atomic E-state index is -1.46. The van der Waals surface area contributed by atoms with Crippen LogP contribution in [0.25, 0.3) is 22.3 Å². The molecule has 37 heavy (non-hydrogen) atoms. The average Bonchev–Trinajstić information content (AvgIpc) is 3.20. The van der Waals surface area contributed by atoms with E-state index in [2.05, 4.69) is 15.9 Å². The van der Waals surface area contributed by atoms with Crippen molar-refractivity contribution in [3.8, 4) is 11.4 Å². The lowest BCUT2D eigenvalue weighted by Crippen LogP contribution is -2.32. The fraction of sp³-hybridized carbons (Fsp3) is 0.241. The molecule has 7 nitrogen and oxygen atoms in total.